The summed E-state index contributed by atoms with van der Waals surface area (Å²) in [5.41, 5.74) is 4.23. The summed E-state index contributed by atoms with van der Waals surface area (Å²) in [5.74, 6) is -0.611. The van der Waals surface area contributed by atoms with Crippen molar-refractivity contribution in [3.8, 4) is 0 Å². The zero-order valence-electron chi connectivity index (χ0n) is 16.0. The highest BCUT2D eigenvalue weighted by Gasteiger charge is 2.33. The summed E-state index contributed by atoms with van der Waals surface area (Å²) in [4.78, 5) is 25.9. The van der Waals surface area contributed by atoms with Gasteiger partial charge >= 0.3 is 5.97 Å². The molecule has 5 nitrogen and oxygen atoms in total. The molecule has 1 amide bonds. The van der Waals surface area contributed by atoms with Gasteiger partial charge < -0.3 is 15.0 Å². The maximum absolute atomic E-state index is 13.3. The lowest BCUT2D eigenvalue weighted by Crippen LogP contribution is -2.35. The molecule has 2 aromatic rings. The molecule has 2 aliphatic heterocycles. The Morgan fingerprint density at radius 1 is 1.29 bits per heavy atom. The van der Waals surface area contributed by atoms with Crippen LogP contribution in [-0.4, -0.2) is 31.0 Å². The molecule has 1 saturated heterocycles. The van der Waals surface area contributed by atoms with Crippen LogP contribution < -0.4 is 10.2 Å². The van der Waals surface area contributed by atoms with Crippen LogP contribution in [0.4, 0.5) is 10.1 Å². The summed E-state index contributed by atoms with van der Waals surface area (Å²) >= 11 is 0. The minimum Gasteiger partial charge on any atom is -0.454 e. The molecule has 0 aromatic heterocycles. The molecule has 2 atom stereocenters. The lowest BCUT2D eigenvalue weighted by Gasteiger charge is -2.19. The highest BCUT2D eigenvalue weighted by atomic mass is 19.1. The van der Waals surface area contributed by atoms with Crippen LogP contribution in [0.1, 0.15) is 46.5 Å². The molecule has 0 bridgehead atoms. The lowest BCUT2D eigenvalue weighted by molar-refractivity contribution is -0.119. The van der Waals surface area contributed by atoms with E-state index in [1.54, 1.807) is 6.07 Å². The summed E-state index contributed by atoms with van der Waals surface area (Å²) < 4.78 is 18.9. The van der Waals surface area contributed by atoms with Crippen LogP contribution in [0.5, 0.6) is 0 Å². The van der Waals surface area contributed by atoms with Gasteiger partial charge in [0.2, 0.25) is 5.91 Å². The van der Waals surface area contributed by atoms with Crippen molar-refractivity contribution in [1.82, 2.24) is 5.32 Å². The van der Waals surface area contributed by atoms with Gasteiger partial charge in [0.1, 0.15) is 11.9 Å². The molecule has 6 heteroatoms. The summed E-state index contributed by atoms with van der Waals surface area (Å²) in [6.45, 7) is 4.94. The quantitative estimate of drug-likeness (QED) is 0.825. The number of rotatable bonds is 4. The SMILES string of the molecule is CC(=O)N[C@@H]1CCN(c2ccc3c(c2)C(=O)OC3Cc2ccc(F)cc2C)C1. The van der Waals surface area contributed by atoms with Crippen LogP contribution in [0.3, 0.4) is 0 Å². The van der Waals surface area contributed by atoms with Gasteiger partial charge in [-0.3, -0.25) is 4.79 Å². The van der Waals surface area contributed by atoms with Gasteiger partial charge in [-0.2, -0.15) is 0 Å². The van der Waals surface area contributed by atoms with Gasteiger partial charge in [0.15, 0.2) is 0 Å². The maximum Gasteiger partial charge on any atom is 0.339 e. The molecule has 1 fully saturated rings. The first-order valence-corrected chi connectivity index (χ1v) is 9.52. The monoisotopic (exact) mass is 382 g/mol. The number of halogens is 1. The van der Waals surface area contributed by atoms with E-state index >= 15 is 0 Å². The van der Waals surface area contributed by atoms with Crippen LogP contribution in [0, 0.1) is 12.7 Å². The number of fused-ring (bicyclic) bond motifs is 1. The lowest BCUT2D eigenvalue weighted by atomic mass is 9.96. The Kier molecular flexibility index (Phi) is 4.79. The smallest absolute Gasteiger partial charge is 0.339 e. The molecule has 1 unspecified atom stereocenters. The third-order valence-electron chi connectivity index (χ3n) is 5.52. The van der Waals surface area contributed by atoms with E-state index in [-0.39, 0.29) is 29.8 Å². The van der Waals surface area contributed by atoms with Gasteiger partial charge in [0.25, 0.3) is 0 Å². The topological polar surface area (TPSA) is 58.6 Å². The van der Waals surface area contributed by atoms with Gasteiger partial charge in [-0.25, -0.2) is 9.18 Å². The Morgan fingerprint density at radius 3 is 2.86 bits per heavy atom. The Bertz CT molecular complexity index is 943. The number of nitrogens with one attached hydrogen (secondary N) is 1. The van der Waals surface area contributed by atoms with Crippen molar-refractivity contribution in [2.45, 2.75) is 38.8 Å². The number of carbonyl (C=O) groups is 2. The normalized spacial score (nSPS) is 20.8. The average molecular weight is 382 g/mol. The molecule has 2 aromatic carbocycles. The molecular weight excluding hydrogens is 359 g/mol. The number of aryl methyl sites for hydroxylation is 1. The fourth-order valence-electron chi connectivity index (χ4n) is 4.09. The first-order valence-electron chi connectivity index (χ1n) is 9.52. The van der Waals surface area contributed by atoms with E-state index in [0.29, 0.717) is 12.0 Å². The Hall–Kier alpha value is -2.89. The summed E-state index contributed by atoms with van der Waals surface area (Å²) in [5, 5.41) is 2.95. The predicted octanol–water partition coefficient (Wildman–Crippen LogP) is 3.30. The number of anilines is 1. The standard InChI is InChI=1S/C22H23FN2O3/c1-13-9-16(23)4-3-15(13)10-21-19-6-5-18(11-20(19)22(27)28-21)25-8-7-17(12-25)24-14(2)26/h3-6,9,11,17,21H,7-8,10,12H2,1-2H3,(H,24,26)/t17-,21?/m1/s1. The van der Waals surface area contributed by atoms with E-state index in [0.717, 1.165) is 41.9 Å². The molecule has 2 heterocycles. The fraction of sp³-hybridized carbons (Fsp3) is 0.364. The van der Waals surface area contributed by atoms with E-state index in [9.17, 15) is 14.0 Å². The van der Waals surface area contributed by atoms with Crippen molar-refractivity contribution in [3.63, 3.8) is 0 Å². The summed E-state index contributed by atoms with van der Waals surface area (Å²) in [6, 6.07) is 10.6. The summed E-state index contributed by atoms with van der Waals surface area (Å²) in [7, 11) is 0. The number of ether oxygens (including phenoxy) is 1. The van der Waals surface area contributed by atoms with Crippen molar-refractivity contribution < 1.29 is 18.7 Å². The number of cyclic esters (lactones) is 1. The van der Waals surface area contributed by atoms with E-state index in [4.69, 9.17) is 4.74 Å². The highest BCUT2D eigenvalue weighted by Crippen LogP contribution is 2.36. The largest absolute Gasteiger partial charge is 0.454 e. The second-order valence-electron chi connectivity index (χ2n) is 7.57. The molecule has 0 aliphatic carbocycles. The van der Waals surface area contributed by atoms with Gasteiger partial charge in [-0.05, 0) is 48.7 Å². The van der Waals surface area contributed by atoms with Crippen LogP contribution >= 0.6 is 0 Å². The van der Waals surface area contributed by atoms with Crippen molar-refractivity contribution in [2.24, 2.45) is 0 Å². The molecule has 0 saturated carbocycles. The zero-order valence-corrected chi connectivity index (χ0v) is 16.0. The van der Waals surface area contributed by atoms with Crippen LogP contribution in [0.2, 0.25) is 0 Å². The Labute approximate surface area is 163 Å². The molecule has 2 aliphatic rings. The second-order valence-corrected chi connectivity index (χ2v) is 7.57. The number of amides is 1. The number of nitrogens with zero attached hydrogens (tertiary/aromatic N) is 1. The van der Waals surface area contributed by atoms with Crippen molar-refractivity contribution >= 4 is 17.6 Å². The predicted molar refractivity (Wildman–Crippen MR) is 104 cm³/mol. The minimum absolute atomic E-state index is 0.0247. The maximum atomic E-state index is 13.3. The van der Waals surface area contributed by atoms with Gasteiger partial charge in [0.05, 0.1) is 5.56 Å². The molecule has 1 N–H and O–H groups in total. The first kappa shape index (κ1) is 18.5. The van der Waals surface area contributed by atoms with Crippen molar-refractivity contribution in [2.75, 3.05) is 18.0 Å². The molecule has 28 heavy (non-hydrogen) atoms. The van der Waals surface area contributed by atoms with Gasteiger partial charge in [-0.1, -0.05) is 12.1 Å². The number of benzene rings is 2. The third kappa shape index (κ3) is 3.59. The molecule has 146 valence electrons. The van der Waals surface area contributed by atoms with Crippen molar-refractivity contribution in [1.29, 1.82) is 0 Å². The third-order valence-corrected chi connectivity index (χ3v) is 5.52. The first-order chi connectivity index (χ1) is 13.4. The minimum atomic E-state index is -0.355. The second kappa shape index (κ2) is 7.26. The number of carbonyl (C=O) groups excluding carboxylic acids is 2. The van der Waals surface area contributed by atoms with E-state index < -0.39 is 0 Å². The van der Waals surface area contributed by atoms with Gasteiger partial charge in [-0.15, -0.1) is 0 Å². The van der Waals surface area contributed by atoms with Crippen LogP contribution in [-0.2, 0) is 16.0 Å². The number of esters is 1. The Morgan fingerprint density at radius 2 is 2.11 bits per heavy atom. The Balaban J connectivity index is 1.52. The molecular formula is C22H23FN2O3. The number of hydrogen-bond donors (Lipinski definition) is 1. The van der Waals surface area contributed by atoms with E-state index in [2.05, 4.69) is 10.2 Å². The zero-order chi connectivity index (χ0) is 19.8. The van der Waals surface area contributed by atoms with E-state index in [1.165, 1.54) is 19.1 Å². The van der Waals surface area contributed by atoms with Crippen molar-refractivity contribution in [3.05, 3.63) is 64.5 Å². The van der Waals surface area contributed by atoms with Gasteiger partial charge in [0, 0.05) is 43.7 Å². The molecule has 0 spiro atoms. The average Bonchev–Trinajstić information content (AvgIpc) is 3.22. The number of hydrogen-bond acceptors (Lipinski definition) is 4. The molecule has 4 rings (SSSR count). The van der Waals surface area contributed by atoms with E-state index in [1.807, 2.05) is 25.1 Å². The summed E-state index contributed by atoms with van der Waals surface area (Å²) in [6.07, 6.45) is 1.05. The van der Waals surface area contributed by atoms with Crippen LogP contribution in [0.25, 0.3) is 0 Å². The molecule has 0 radical (unpaired) electrons. The fourth-order valence-corrected chi connectivity index (χ4v) is 4.09. The highest BCUT2D eigenvalue weighted by molar-refractivity contribution is 5.95. The van der Waals surface area contributed by atoms with Crippen LogP contribution in [0.15, 0.2) is 36.4 Å².